The van der Waals surface area contributed by atoms with Crippen LogP contribution in [0, 0.1) is 48.7 Å². The summed E-state index contributed by atoms with van der Waals surface area (Å²) in [5.41, 5.74) is 0. The molecule has 0 heterocycles. The molecule has 0 spiro atoms. The van der Waals surface area contributed by atoms with E-state index in [0.717, 1.165) is 0 Å². The number of nitrogens with zero attached hydrogens (tertiary/aromatic N) is 1. The van der Waals surface area contributed by atoms with Crippen LogP contribution in [0.15, 0.2) is 0 Å². The van der Waals surface area contributed by atoms with Crippen molar-refractivity contribution in [2.75, 3.05) is 0 Å². The van der Waals surface area contributed by atoms with E-state index in [1.54, 1.807) is 0 Å². The Morgan fingerprint density at radius 3 is 1.83 bits per heavy atom. The average molecular weight is 248 g/mol. The Bertz CT molecular complexity index is 40.3. The summed E-state index contributed by atoms with van der Waals surface area (Å²) in [6.07, 6.45) is 0. The summed E-state index contributed by atoms with van der Waals surface area (Å²) in [4.78, 5) is 8.36. The first-order valence-electron chi connectivity index (χ1n) is 0.565. The van der Waals surface area contributed by atoms with Crippen molar-refractivity contribution in [3.63, 3.8) is 0 Å². The van der Waals surface area contributed by atoms with Crippen LogP contribution in [0.1, 0.15) is 2.85 Å². The Morgan fingerprint density at radius 2 is 1.83 bits per heavy atom. The van der Waals surface area contributed by atoms with Crippen molar-refractivity contribution in [1.29, 1.82) is 0 Å². The minimum Gasteiger partial charge on any atom is -1.00 e. The molecule has 0 aromatic carbocycles. The van der Waals surface area contributed by atoms with Crippen LogP contribution in [0.4, 0.5) is 0 Å². The second-order valence-electron chi connectivity index (χ2n) is 0.238. The molecule has 0 rings (SSSR count). The second kappa shape index (κ2) is 9.54. The molecule has 0 aliphatic carbocycles. The van der Waals surface area contributed by atoms with Crippen LogP contribution in [-0.2, 0) is 0 Å². The van der Waals surface area contributed by atoms with E-state index in [4.69, 9.17) is 15.3 Å². The molecular weight excluding hydrogens is 245 g/mol. The van der Waals surface area contributed by atoms with Crippen LogP contribution in [0.5, 0.6) is 0 Å². The fourth-order valence-corrected chi connectivity index (χ4v) is 0. The van der Waals surface area contributed by atoms with E-state index in [1.165, 1.54) is 0 Å². The predicted molar refractivity (Wildman–Crippen MR) is 16.8 cm³/mol. The van der Waals surface area contributed by atoms with Gasteiger partial charge >= 0.3 is 23.1 Å². The summed E-state index contributed by atoms with van der Waals surface area (Å²) in [6.45, 7) is 0. The van der Waals surface area contributed by atoms with Gasteiger partial charge in [0.1, 0.15) is 0 Å². The summed E-state index contributed by atoms with van der Waals surface area (Å²) >= 11 is 0. The van der Waals surface area contributed by atoms with Crippen LogP contribution in [0.25, 0.3) is 0 Å². The normalized spacial score (nSPS) is 4.00. The van der Waals surface area contributed by atoms with Gasteiger partial charge in [-0.05, 0) is 0 Å². The van der Waals surface area contributed by atoms with E-state index < -0.39 is 5.09 Å². The van der Waals surface area contributed by atoms with Crippen LogP contribution in [-0.4, -0.2) is 33.3 Å². The first-order valence-corrected chi connectivity index (χ1v) is 0.565. The second-order valence-corrected chi connectivity index (χ2v) is 0.238. The first kappa shape index (κ1) is 15.7. The quantitative estimate of drug-likeness (QED) is 0.357. The Labute approximate surface area is 84.0 Å². The molecule has 4 nitrogen and oxygen atoms in total. The third-order valence-electron chi connectivity index (χ3n) is 0. The van der Waals surface area contributed by atoms with E-state index in [0.29, 0.717) is 0 Å². The standard InChI is InChI=1S/Mg.HNO3.Tb.2H/c;2-1(3)4;;;/h;(H,2,3,4);;;/q+2;;;2*-1. The van der Waals surface area contributed by atoms with E-state index in [2.05, 4.69) is 0 Å². The van der Waals surface area contributed by atoms with Gasteiger partial charge in [0.2, 0.25) is 0 Å². The minimum atomic E-state index is -1.50. The average Bonchev–Trinajstić information content (AvgIpc) is 0.811. The largest absolute Gasteiger partial charge is 2.00 e. The number of hydrogen-bond acceptors (Lipinski definition) is 2. The summed E-state index contributed by atoms with van der Waals surface area (Å²) in [6, 6.07) is 0. The molecule has 1 N–H and O–H groups in total. The smallest absolute Gasteiger partial charge is 1.00 e. The number of rotatable bonds is 0. The van der Waals surface area contributed by atoms with E-state index in [1.807, 2.05) is 0 Å². The van der Waals surface area contributed by atoms with Gasteiger partial charge < -0.3 is 8.06 Å². The summed E-state index contributed by atoms with van der Waals surface area (Å²) < 4.78 is 0. The fraction of sp³-hybridized carbons (Fsp3) is 0. The van der Waals surface area contributed by atoms with Crippen molar-refractivity contribution in [2.24, 2.45) is 0 Å². The Balaban J connectivity index is -0.00000000750. The molecule has 0 saturated heterocycles. The third-order valence-corrected chi connectivity index (χ3v) is 0. The molecule has 0 fully saturated rings. The fourth-order valence-electron chi connectivity index (χ4n) is 0. The van der Waals surface area contributed by atoms with E-state index >= 15 is 0 Å². The Hall–Kier alpha value is 1.25. The van der Waals surface area contributed by atoms with Crippen molar-refractivity contribution < 1.29 is 51.8 Å². The Morgan fingerprint density at radius 1 is 1.83 bits per heavy atom. The van der Waals surface area contributed by atoms with Gasteiger partial charge in [-0.3, -0.25) is 0 Å². The SMILES string of the molecule is O=[N+]([O-])O.[H-].[H-].[Mg+2].[Tb]. The van der Waals surface area contributed by atoms with E-state index in [-0.39, 0.29) is 64.5 Å². The van der Waals surface area contributed by atoms with E-state index in [9.17, 15) is 0 Å². The first-order chi connectivity index (χ1) is 1.73. The molecule has 37 valence electrons. The van der Waals surface area contributed by atoms with Gasteiger partial charge in [-0.1, -0.05) is 0 Å². The maximum absolute atomic E-state index is 8.36. The predicted octanol–water partition coefficient (Wildman–Crippen LogP) is -0.504. The van der Waals surface area contributed by atoms with Gasteiger partial charge in [0.15, 0.2) is 0 Å². The molecule has 0 saturated carbocycles. The zero-order valence-electron chi connectivity index (χ0n) is 4.75. The van der Waals surface area contributed by atoms with Crippen LogP contribution in [0.3, 0.4) is 0 Å². The molecule has 6 heteroatoms. The maximum atomic E-state index is 8.36. The van der Waals surface area contributed by atoms with Gasteiger partial charge in [-0.15, -0.1) is 10.1 Å². The van der Waals surface area contributed by atoms with Gasteiger partial charge in [0.05, 0.1) is 0 Å². The minimum absolute atomic E-state index is 0. The molecule has 0 aliphatic heterocycles. The van der Waals surface area contributed by atoms with Crippen LogP contribution >= 0.6 is 0 Å². The molecule has 1 radical (unpaired) electrons. The summed E-state index contributed by atoms with van der Waals surface area (Å²) in [5.74, 6) is 0. The number of hydrogen-bond donors (Lipinski definition) is 1. The van der Waals surface area contributed by atoms with Gasteiger partial charge in [0, 0.05) is 38.6 Å². The Kier molecular flexibility index (Phi) is 24.9. The monoisotopic (exact) mass is 248 g/mol. The molecule has 6 heavy (non-hydrogen) atoms. The van der Waals surface area contributed by atoms with Crippen LogP contribution in [0.2, 0.25) is 0 Å². The van der Waals surface area contributed by atoms with Crippen molar-refractivity contribution in [1.82, 2.24) is 0 Å². The zero-order chi connectivity index (χ0) is 3.58. The van der Waals surface area contributed by atoms with Gasteiger partial charge in [-0.25, -0.2) is 0 Å². The molecule has 0 aliphatic rings. The van der Waals surface area contributed by atoms with Crippen LogP contribution < -0.4 is 0 Å². The summed E-state index contributed by atoms with van der Waals surface area (Å²) in [7, 11) is 0. The van der Waals surface area contributed by atoms with Crippen molar-refractivity contribution in [3.05, 3.63) is 10.1 Å². The van der Waals surface area contributed by atoms with Gasteiger partial charge in [0.25, 0.3) is 5.09 Å². The molecule has 0 unspecified atom stereocenters. The summed E-state index contributed by atoms with van der Waals surface area (Å²) in [5, 5.41) is 13.6. The third kappa shape index (κ3) is 60.6. The maximum Gasteiger partial charge on any atom is 2.00 e. The molecule has 0 aromatic heterocycles. The van der Waals surface area contributed by atoms with Crippen molar-refractivity contribution in [2.45, 2.75) is 0 Å². The van der Waals surface area contributed by atoms with Gasteiger partial charge in [-0.2, -0.15) is 0 Å². The molecular formula is H3MgNO3Tb. The molecule has 0 bridgehead atoms. The topological polar surface area (TPSA) is 63.4 Å². The molecule has 0 atom stereocenters. The zero-order valence-corrected chi connectivity index (χ0v) is 6.30. The molecule has 0 aromatic rings. The van der Waals surface area contributed by atoms with Crippen molar-refractivity contribution in [3.8, 4) is 0 Å². The molecule has 0 amide bonds. The van der Waals surface area contributed by atoms with Crippen molar-refractivity contribution >= 4 is 23.1 Å².